The Labute approximate surface area is 117 Å². The number of anilines is 1. The van der Waals surface area contributed by atoms with Gasteiger partial charge in [0.05, 0.1) is 10.6 Å². The number of carbonyl (C=O) groups excluding carboxylic acids is 1. The van der Waals surface area contributed by atoms with E-state index in [1.54, 1.807) is 29.8 Å². The number of hydrogen-bond acceptors (Lipinski definition) is 4. The maximum Gasteiger partial charge on any atom is 0.255 e. The van der Waals surface area contributed by atoms with Crippen molar-refractivity contribution in [3.63, 3.8) is 0 Å². The van der Waals surface area contributed by atoms with Crippen molar-refractivity contribution in [2.75, 3.05) is 24.8 Å². The fourth-order valence-electron chi connectivity index (χ4n) is 1.63. The first-order valence-electron chi connectivity index (χ1n) is 5.68. The van der Waals surface area contributed by atoms with Crippen LogP contribution in [0.4, 0.5) is 5.82 Å². The van der Waals surface area contributed by atoms with Crippen LogP contribution < -0.4 is 5.73 Å². The van der Waals surface area contributed by atoms with Crippen LogP contribution in [-0.4, -0.2) is 40.9 Å². The van der Waals surface area contributed by atoms with E-state index in [9.17, 15) is 4.79 Å². The van der Waals surface area contributed by atoms with E-state index in [-0.39, 0.29) is 17.8 Å². The molecule has 6 heteroatoms. The zero-order valence-corrected chi connectivity index (χ0v) is 12.4. The number of aromatic nitrogens is 1. The number of nitrogen functional groups attached to an aromatic ring is 1. The second-order valence-electron chi connectivity index (χ2n) is 4.02. The molecule has 0 fully saturated rings. The molecular formula is C12H18ClN3OS. The van der Waals surface area contributed by atoms with Gasteiger partial charge in [0.2, 0.25) is 0 Å². The van der Waals surface area contributed by atoms with E-state index in [0.29, 0.717) is 10.6 Å². The van der Waals surface area contributed by atoms with E-state index in [2.05, 4.69) is 11.9 Å². The number of nitrogens with zero attached hydrogens (tertiary/aromatic N) is 2. The molecule has 0 aliphatic rings. The Hall–Kier alpha value is -0.940. The summed E-state index contributed by atoms with van der Waals surface area (Å²) < 4.78 is 0. The first-order chi connectivity index (χ1) is 8.51. The van der Waals surface area contributed by atoms with Gasteiger partial charge in [-0.2, -0.15) is 11.8 Å². The molecule has 1 amide bonds. The Balaban J connectivity index is 2.88. The first-order valence-corrected chi connectivity index (χ1v) is 7.45. The fraction of sp³-hybridized carbons (Fsp3) is 0.500. The molecular weight excluding hydrogens is 270 g/mol. The SMILES string of the molecule is CCC(CSC)N(C)C(=O)c1cnc(N)c(Cl)c1. The molecule has 0 saturated carbocycles. The highest BCUT2D eigenvalue weighted by Crippen LogP contribution is 2.19. The van der Waals surface area contributed by atoms with E-state index >= 15 is 0 Å². The quantitative estimate of drug-likeness (QED) is 0.904. The second-order valence-corrected chi connectivity index (χ2v) is 5.34. The third-order valence-corrected chi connectivity index (χ3v) is 3.84. The van der Waals surface area contributed by atoms with Crippen LogP contribution in [0.15, 0.2) is 12.3 Å². The molecule has 0 radical (unpaired) electrons. The highest BCUT2D eigenvalue weighted by molar-refractivity contribution is 7.98. The maximum atomic E-state index is 12.3. The molecule has 0 saturated heterocycles. The van der Waals surface area contributed by atoms with E-state index in [1.165, 1.54) is 6.20 Å². The Morgan fingerprint density at radius 2 is 2.33 bits per heavy atom. The Morgan fingerprint density at radius 3 is 2.83 bits per heavy atom. The van der Waals surface area contributed by atoms with Crippen molar-refractivity contribution in [1.29, 1.82) is 0 Å². The lowest BCUT2D eigenvalue weighted by Crippen LogP contribution is -2.38. The number of amides is 1. The smallest absolute Gasteiger partial charge is 0.255 e. The predicted octanol–water partition coefficient (Wildman–Crippen LogP) is 2.53. The van der Waals surface area contributed by atoms with Gasteiger partial charge in [0.25, 0.3) is 5.91 Å². The molecule has 1 unspecified atom stereocenters. The molecule has 2 N–H and O–H groups in total. The van der Waals surface area contributed by atoms with Gasteiger partial charge in [-0.3, -0.25) is 4.79 Å². The van der Waals surface area contributed by atoms with Crippen molar-refractivity contribution in [3.05, 3.63) is 22.8 Å². The average Bonchev–Trinajstić information content (AvgIpc) is 2.37. The second kappa shape index (κ2) is 6.85. The summed E-state index contributed by atoms with van der Waals surface area (Å²) in [5.74, 6) is 1.08. The molecule has 1 heterocycles. The third kappa shape index (κ3) is 3.53. The number of nitrogens with two attached hydrogens (primary N) is 1. The topological polar surface area (TPSA) is 59.2 Å². The number of pyridine rings is 1. The molecule has 0 spiro atoms. The van der Waals surface area contributed by atoms with Gasteiger partial charge in [-0.25, -0.2) is 4.98 Å². The van der Waals surface area contributed by atoms with Crippen LogP contribution in [0.3, 0.4) is 0 Å². The van der Waals surface area contributed by atoms with Crippen molar-refractivity contribution >= 4 is 35.1 Å². The molecule has 100 valence electrons. The van der Waals surface area contributed by atoms with E-state index in [4.69, 9.17) is 17.3 Å². The molecule has 0 aliphatic carbocycles. The number of thioether (sulfide) groups is 1. The average molecular weight is 288 g/mol. The van der Waals surface area contributed by atoms with Gasteiger partial charge >= 0.3 is 0 Å². The predicted molar refractivity (Wildman–Crippen MR) is 78.2 cm³/mol. The minimum absolute atomic E-state index is 0.0784. The summed E-state index contributed by atoms with van der Waals surface area (Å²) in [5.41, 5.74) is 6.00. The van der Waals surface area contributed by atoms with Gasteiger partial charge in [-0.1, -0.05) is 18.5 Å². The summed E-state index contributed by atoms with van der Waals surface area (Å²) >= 11 is 7.60. The van der Waals surface area contributed by atoms with Crippen molar-refractivity contribution in [2.45, 2.75) is 19.4 Å². The van der Waals surface area contributed by atoms with Crippen LogP contribution in [-0.2, 0) is 0 Å². The van der Waals surface area contributed by atoms with Gasteiger partial charge in [-0.05, 0) is 18.7 Å². The number of rotatable bonds is 5. The number of carbonyl (C=O) groups is 1. The maximum absolute atomic E-state index is 12.3. The normalized spacial score (nSPS) is 12.2. The molecule has 0 aromatic carbocycles. The molecule has 1 atom stereocenters. The number of halogens is 1. The fourth-order valence-corrected chi connectivity index (χ4v) is 2.64. The minimum Gasteiger partial charge on any atom is -0.382 e. The standard InChI is InChI=1S/C12H18ClN3OS/c1-4-9(7-18-3)16(2)12(17)8-5-10(13)11(14)15-6-8/h5-6,9H,4,7H2,1-3H3,(H2,14,15). The van der Waals surface area contributed by atoms with Crippen LogP contribution in [0.25, 0.3) is 0 Å². The zero-order chi connectivity index (χ0) is 13.7. The van der Waals surface area contributed by atoms with E-state index in [1.807, 2.05) is 6.26 Å². The summed E-state index contributed by atoms with van der Waals surface area (Å²) in [7, 11) is 1.80. The molecule has 4 nitrogen and oxygen atoms in total. The van der Waals surface area contributed by atoms with Crippen molar-refractivity contribution in [3.8, 4) is 0 Å². The zero-order valence-electron chi connectivity index (χ0n) is 10.8. The summed E-state index contributed by atoms with van der Waals surface area (Å²) in [6.07, 6.45) is 4.41. The lowest BCUT2D eigenvalue weighted by atomic mass is 10.2. The van der Waals surface area contributed by atoms with Crippen molar-refractivity contribution in [2.24, 2.45) is 0 Å². The summed E-state index contributed by atoms with van der Waals surface area (Å²) in [6, 6.07) is 1.78. The van der Waals surface area contributed by atoms with Crippen molar-refractivity contribution < 1.29 is 4.79 Å². The minimum atomic E-state index is -0.0784. The summed E-state index contributed by atoms with van der Waals surface area (Å²) in [6.45, 7) is 2.07. The van der Waals surface area contributed by atoms with Crippen molar-refractivity contribution in [1.82, 2.24) is 9.88 Å². The van der Waals surface area contributed by atoms with Crippen LogP contribution in [0.2, 0.25) is 5.02 Å². The molecule has 1 rings (SSSR count). The highest BCUT2D eigenvalue weighted by Gasteiger charge is 2.20. The largest absolute Gasteiger partial charge is 0.382 e. The lowest BCUT2D eigenvalue weighted by molar-refractivity contribution is 0.0743. The van der Waals surface area contributed by atoms with Crippen LogP contribution in [0.1, 0.15) is 23.7 Å². The first kappa shape index (κ1) is 15.1. The molecule has 0 aliphatic heterocycles. The molecule has 1 aromatic heterocycles. The van der Waals surface area contributed by atoms with Gasteiger partial charge in [0, 0.05) is 25.0 Å². The molecule has 1 aromatic rings. The van der Waals surface area contributed by atoms with Gasteiger partial charge in [0.15, 0.2) is 0 Å². The Morgan fingerprint density at radius 1 is 1.67 bits per heavy atom. The van der Waals surface area contributed by atoms with Gasteiger partial charge in [0.1, 0.15) is 5.82 Å². The Bertz CT molecular complexity index is 428. The number of hydrogen-bond donors (Lipinski definition) is 1. The monoisotopic (exact) mass is 287 g/mol. The van der Waals surface area contributed by atoms with E-state index in [0.717, 1.165) is 12.2 Å². The van der Waals surface area contributed by atoms with Gasteiger partial charge in [-0.15, -0.1) is 0 Å². The van der Waals surface area contributed by atoms with Crippen LogP contribution >= 0.6 is 23.4 Å². The van der Waals surface area contributed by atoms with E-state index < -0.39 is 0 Å². The van der Waals surface area contributed by atoms with Gasteiger partial charge < -0.3 is 10.6 Å². The summed E-state index contributed by atoms with van der Waals surface area (Å²) in [5, 5.41) is 0.312. The lowest BCUT2D eigenvalue weighted by Gasteiger charge is -2.26. The summed E-state index contributed by atoms with van der Waals surface area (Å²) in [4.78, 5) is 17.9. The van der Waals surface area contributed by atoms with Crippen LogP contribution in [0, 0.1) is 0 Å². The third-order valence-electron chi connectivity index (χ3n) is 2.81. The molecule has 0 bridgehead atoms. The highest BCUT2D eigenvalue weighted by atomic mass is 35.5. The Kier molecular flexibility index (Phi) is 5.75. The van der Waals surface area contributed by atoms with Crippen LogP contribution in [0.5, 0.6) is 0 Å². The molecule has 18 heavy (non-hydrogen) atoms.